The zero-order valence-electron chi connectivity index (χ0n) is 16.7. The van der Waals surface area contributed by atoms with Gasteiger partial charge in [-0.05, 0) is 38.4 Å². The number of carbonyl (C=O) groups excluding carboxylic acids is 1. The number of sulfonamides is 1. The van der Waals surface area contributed by atoms with Crippen LogP contribution in [0.15, 0.2) is 35.2 Å². The third-order valence-electron chi connectivity index (χ3n) is 5.74. The van der Waals surface area contributed by atoms with E-state index in [4.69, 9.17) is 0 Å². The van der Waals surface area contributed by atoms with Gasteiger partial charge in [0.15, 0.2) is 0 Å². The highest BCUT2D eigenvalue weighted by Crippen LogP contribution is 2.19. The number of piperidine rings is 1. The number of nitrogens with one attached hydrogen (secondary N) is 1. The Labute approximate surface area is 168 Å². The predicted molar refractivity (Wildman–Crippen MR) is 110 cm³/mol. The first kappa shape index (κ1) is 21.2. The number of benzene rings is 1. The SMILES string of the molecule is CC1CCCCN1CCN(CC(=O)N1CCNCC1)S(=O)(=O)c1ccccc1. The number of carbonyl (C=O) groups is 1. The maximum Gasteiger partial charge on any atom is 0.243 e. The summed E-state index contributed by atoms with van der Waals surface area (Å²) in [6, 6.07) is 8.89. The van der Waals surface area contributed by atoms with Crippen LogP contribution in [0.3, 0.4) is 0 Å². The smallest absolute Gasteiger partial charge is 0.243 e. The number of rotatable bonds is 7. The van der Waals surface area contributed by atoms with Crippen LogP contribution in [-0.2, 0) is 14.8 Å². The van der Waals surface area contributed by atoms with Gasteiger partial charge >= 0.3 is 0 Å². The van der Waals surface area contributed by atoms with Crippen LogP contribution in [0.1, 0.15) is 26.2 Å². The average molecular weight is 409 g/mol. The molecule has 3 rings (SSSR count). The number of likely N-dealkylation sites (tertiary alicyclic amines) is 1. The minimum Gasteiger partial charge on any atom is -0.339 e. The normalized spacial score (nSPS) is 21.8. The molecule has 0 bridgehead atoms. The van der Waals surface area contributed by atoms with E-state index in [1.165, 1.54) is 10.7 Å². The minimum absolute atomic E-state index is 0.0978. The molecule has 0 aliphatic carbocycles. The summed E-state index contributed by atoms with van der Waals surface area (Å²) in [7, 11) is -3.71. The Balaban J connectivity index is 1.74. The minimum atomic E-state index is -3.71. The average Bonchev–Trinajstić information content (AvgIpc) is 2.73. The number of nitrogens with zero attached hydrogens (tertiary/aromatic N) is 3. The summed E-state index contributed by atoms with van der Waals surface area (Å²) in [6.45, 7) is 6.83. The van der Waals surface area contributed by atoms with Gasteiger partial charge in [-0.15, -0.1) is 0 Å². The summed E-state index contributed by atoms with van der Waals surface area (Å²) in [5.41, 5.74) is 0. The quantitative estimate of drug-likeness (QED) is 0.728. The molecule has 1 N–H and O–H groups in total. The molecule has 0 saturated carbocycles. The monoisotopic (exact) mass is 408 g/mol. The first-order chi connectivity index (χ1) is 13.5. The standard InChI is InChI=1S/C20H32N4O3S/c1-18-7-5-6-12-22(18)15-16-24(17-20(25)23-13-10-21-11-14-23)28(26,27)19-8-3-2-4-9-19/h2-4,8-9,18,21H,5-7,10-17H2,1H3. The maximum absolute atomic E-state index is 13.2. The highest BCUT2D eigenvalue weighted by molar-refractivity contribution is 7.89. The summed E-state index contributed by atoms with van der Waals surface area (Å²) in [5, 5.41) is 3.22. The Morgan fingerprint density at radius 1 is 1.14 bits per heavy atom. The first-order valence-electron chi connectivity index (χ1n) is 10.3. The lowest BCUT2D eigenvalue weighted by atomic mass is 10.0. The van der Waals surface area contributed by atoms with Gasteiger partial charge < -0.3 is 10.2 Å². The fourth-order valence-corrected chi connectivity index (χ4v) is 5.32. The molecule has 0 radical (unpaired) electrons. The molecular formula is C20H32N4O3S. The second-order valence-corrected chi connectivity index (χ2v) is 9.60. The van der Waals surface area contributed by atoms with E-state index in [-0.39, 0.29) is 17.3 Å². The van der Waals surface area contributed by atoms with Gasteiger partial charge in [-0.25, -0.2) is 8.42 Å². The highest BCUT2D eigenvalue weighted by Gasteiger charge is 2.30. The fourth-order valence-electron chi connectivity index (χ4n) is 3.92. The molecule has 28 heavy (non-hydrogen) atoms. The van der Waals surface area contributed by atoms with Crippen molar-refractivity contribution >= 4 is 15.9 Å². The van der Waals surface area contributed by atoms with Gasteiger partial charge in [0.1, 0.15) is 0 Å². The van der Waals surface area contributed by atoms with Gasteiger partial charge in [-0.2, -0.15) is 4.31 Å². The van der Waals surface area contributed by atoms with Gasteiger partial charge in [0.25, 0.3) is 0 Å². The van der Waals surface area contributed by atoms with Gasteiger partial charge in [0, 0.05) is 45.3 Å². The van der Waals surface area contributed by atoms with E-state index in [1.54, 1.807) is 35.2 Å². The third-order valence-corrected chi connectivity index (χ3v) is 7.60. The Kier molecular flexibility index (Phi) is 7.45. The molecule has 2 aliphatic rings. The lowest BCUT2D eigenvalue weighted by molar-refractivity contribution is -0.132. The van der Waals surface area contributed by atoms with Gasteiger partial charge in [0.2, 0.25) is 15.9 Å². The van der Waals surface area contributed by atoms with Gasteiger partial charge in [-0.1, -0.05) is 24.6 Å². The van der Waals surface area contributed by atoms with E-state index in [0.717, 1.165) is 32.5 Å². The number of hydrogen-bond donors (Lipinski definition) is 1. The van der Waals surface area contributed by atoms with Gasteiger partial charge in [0.05, 0.1) is 11.4 Å². The fraction of sp³-hybridized carbons (Fsp3) is 0.650. The Hall–Kier alpha value is -1.48. The molecule has 1 aromatic rings. The van der Waals surface area contributed by atoms with Crippen molar-refractivity contribution in [1.29, 1.82) is 0 Å². The summed E-state index contributed by atoms with van der Waals surface area (Å²) >= 11 is 0. The van der Waals surface area contributed by atoms with Crippen LogP contribution in [0, 0.1) is 0 Å². The predicted octanol–water partition coefficient (Wildman–Crippen LogP) is 0.984. The van der Waals surface area contributed by atoms with E-state index < -0.39 is 10.0 Å². The second kappa shape index (κ2) is 9.82. The van der Waals surface area contributed by atoms with Crippen LogP contribution in [0.2, 0.25) is 0 Å². The van der Waals surface area contributed by atoms with Crippen molar-refractivity contribution in [3.05, 3.63) is 30.3 Å². The highest BCUT2D eigenvalue weighted by atomic mass is 32.2. The summed E-state index contributed by atoms with van der Waals surface area (Å²) in [5.74, 6) is -0.118. The largest absolute Gasteiger partial charge is 0.339 e. The number of hydrogen-bond acceptors (Lipinski definition) is 5. The van der Waals surface area contributed by atoms with Crippen molar-refractivity contribution in [3.63, 3.8) is 0 Å². The van der Waals surface area contributed by atoms with Crippen LogP contribution in [0.5, 0.6) is 0 Å². The van der Waals surface area contributed by atoms with Crippen molar-refractivity contribution in [1.82, 2.24) is 19.4 Å². The van der Waals surface area contributed by atoms with Crippen molar-refractivity contribution in [2.75, 3.05) is 52.4 Å². The van der Waals surface area contributed by atoms with Crippen LogP contribution >= 0.6 is 0 Å². The lowest BCUT2D eigenvalue weighted by Gasteiger charge is -2.35. The molecule has 1 aromatic carbocycles. The van der Waals surface area contributed by atoms with E-state index >= 15 is 0 Å². The van der Waals surface area contributed by atoms with E-state index in [9.17, 15) is 13.2 Å². The molecule has 2 fully saturated rings. The van der Waals surface area contributed by atoms with Crippen molar-refractivity contribution in [3.8, 4) is 0 Å². The molecule has 1 amide bonds. The lowest BCUT2D eigenvalue weighted by Crippen LogP contribution is -2.51. The Morgan fingerprint density at radius 2 is 1.86 bits per heavy atom. The molecule has 1 atom stereocenters. The number of piperazine rings is 1. The van der Waals surface area contributed by atoms with Crippen molar-refractivity contribution < 1.29 is 13.2 Å². The summed E-state index contributed by atoms with van der Waals surface area (Å²) < 4.78 is 27.8. The Morgan fingerprint density at radius 3 is 2.54 bits per heavy atom. The third kappa shape index (κ3) is 5.31. The van der Waals surface area contributed by atoms with E-state index in [1.807, 2.05) is 0 Å². The summed E-state index contributed by atoms with van der Waals surface area (Å²) in [4.78, 5) is 17.1. The van der Waals surface area contributed by atoms with Gasteiger partial charge in [-0.3, -0.25) is 9.69 Å². The van der Waals surface area contributed by atoms with Crippen LogP contribution in [-0.4, -0.2) is 86.8 Å². The molecule has 7 nitrogen and oxygen atoms in total. The van der Waals surface area contributed by atoms with Crippen molar-refractivity contribution in [2.45, 2.75) is 37.1 Å². The molecule has 8 heteroatoms. The maximum atomic E-state index is 13.2. The number of amides is 1. The zero-order valence-corrected chi connectivity index (χ0v) is 17.5. The molecule has 2 saturated heterocycles. The molecular weight excluding hydrogens is 376 g/mol. The topological polar surface area (TPSA) is 73.0 Å². The zero-order chi connectivity index (χ0) is 20.0. The second-order valence-electron chi connectivity index (χ2n) is 7.66. The molecule has 2 aliphatic heterocycles. The Bertz CT molecular complexity index is 735. The van der Waals surface area contributed by atoms with E-state index in [2.05, 4.69) is 17.1 Å². The van der Waals surface area contributed by atoms with Crippen LogP contribution < -0.4 is 5.32 Å². The van der Waals surface area contributed by atoms with E-state index in [0.29, 0.717) is 32.2 Å². The molecule has 1 unspecified atom stereocenters. The molecule has 2 heterocycles. The van der Waals surface area contributed by atoms with Crippen LogP contribution in [0.25, 0.3) is 0 Å². The summed E-state index contributed by atoms with van der Waals surface area (Å²) in [6.07, 6.45) is 3.52. The van der Waals surface area contributed by atoms with Crippen LogP contribution in [0.4, 0.5) is 0 Å². The molecule has 0 aromatic heterocycles. The molecule has 156 valence electrons. The first-order valence-corrected chi connectivity index (χ1v) is 11.7. The van der Waals surface area contributed by atoms with Crippen molar-refractivity contribution in [2.24, 2.45) is 0 Å². The molecule has 0 spiro atoms.